The van der Waals surface area contributed by atoms with Crippen molar-refractivity contribution in [1.82, 2.24) is 9.44 Å². The van der Waals surface area contributed by atoms with Crippen LogP contribution in [0.4, 0.5) is 0 Å². The second kappa shape index (κ2) is 22.5. The van der Waals surface area contributed by atoms with Crippen molar-refractivity contribution < 1.29 is 138 Å². The van der Waals surface area contributed by atoms with E-state index in [4.69, 9.17) is 62.2 Å². The second-order valence-corrected chi connectivity index (χ2v) is 20.0. The Hall–Kier alpha value is -1.20. The Morgan fingerprint density at radius 2 is 1.15 bits per heavy atom. The van der Waals surface area contributed by atoms with Crippen molar-refractivity contribution in [1.29, 1.82) is 0 Å². The van der Waals surface area contributed by atoms with Crippen molar-refractivity contribution in [2.24, 2.45) is 5.73 Å². The fraction of sp³-hybridized carbons (Fsp3) is 1.00. The van der Waals surface area contributed by atoms with Crippen LogP contribution in [0, 0.1) is 0 Å². The Kier molecular flexibility index (Phi) is 19.0. The van der Waals surface area contributed by atoms with E-state index in [1.165, 1.54) is 18.8 Å². The van der Waals surface area contributed by atoms with Crippen molar-refractivity contribution in [3.63, 3.8) is 0 Å². The lowest BCUT2D eigenvalue weighted by Crippen LogP contribution is -2.66. The zero-order valence-electron chi connectivity index (χ0n) is 34.2. The molecule has 14 N–H and O–H groups in total. The van der Waals surface area contributed by atoms with Gasteiger partial charge in [0, 0.05) is 13.5 Å². The van der Waals surface area contributed by atoms with Gasteiger partial charge >= 0.3 is 41.4 Å². The van der Waals surface area contributed by atoms with Gasteiger partial charge in [-0.15, -0.1) is 0 Å². The van der Waals surface area contributed by atoms with E-state index in [2.05, 4.69) is 8.37 Å². The van der Waals surface area contributed by atoms with Crippen LogP contribution in [0.2, 0.25) is 0 Å². The molecule has 5 rings (SSSR count). The first-order valence-corrected chi connectivity index (χ1v) is 25.0. The topological polar surface area (TPSA) is 500 Å². The molecule has 388 valence electrons. The van der Waals surface area contributed by atoms with E-state index < -0.39 is 210 Å². The number of methoxy groups -OCH3 is 1. The van der Waals surface area contributed by atoms with E-state index in [0.29, 0.717) is 0 Å². The van der Waals surface area contributed by atoms with E-state index in [1.807, 2.05) is 4.72 Å². The zero-order valence-corrected chi connectivity index (χ0v) is 37.5. The maximum atomic E-state index is 12.0. The normalized spacial score (nSPS) is 43.4. The van der Waals surface area contributed by atoms with E-state index in [-0.39, 0.29) is 0 Å². The zero-order chi connectivity index (χ0) is 49.3. The molecule has 0 saturated carbocycles. The number of rotatable bonds is 19. The lowest BCUT2D eigenvalue weighted by atomic mass is 9.97. The van der Waals surface area contributed by atoms with Gasteiger partial charge in [-0.2, -0.15) is 43.1 Å². The van der Waals surface area contributed by atoms with E-state index >= 15 is 0 Å². The first-order valence-electron chi connectivity index (χ1n) is 19.3. The monoisotopic (exact) mass is 1050 g/mol. The largest absolute Gasteiger partial charge is 0.397 e. The molecule has 21 atom stereocenters. The second-order valence-electron chi connectivity index (χ2n) is 15.4. The first-order chi connectivity index (χ1) is 30.4. The molecular formula is C29H53N3O30S4. The van der Waals surface area contributed by atoms with Gasteiger partial charge in [-0.05, 0) is 13.3 Å². The van der Waals surface area contributed by atoms with Gasteiger partial charge in [0.2, 0.25) is 0 Å². The maximum absolute atomic E-state index is 12.0. The number of hydrogen-bond acceptors (Lipinski definition) is 27. The number of hydrogen-bond donors (Lipinski definition) is 13. The molecule has 0 aliphatic carbocycles. The van der Waals surface area contributed by atoms with Crippen molar-refractivity contribution >= 4 is 41.4 Å². The Balaban J connectivity index is 1.20. The van der Waals surface area contributed by atoms with Gasteiger partial charge in [0.25, 0.3) is 0 Å². The van der Waals surface area contributed by atoms with Crippen molar-refractivity contribution in [3.8, 4) is 0 Å². The molecule has 0 spiro atoms. The van der Waals surface area contributed by atoms with Gasteiger partial charge < -0.3 is 83.7 Å². The Morgan fingerprint density at radius 3 is 1.73 bits per heavy atom. The summed E-state index contributed by atoms with van der Waals surface area (Å²) in [5.41, 5.74) is 5.97. The Labute approximate surface area is 376 Å². The molecule has 0 aromatic rings. The summed E-state index contributed by atoms with van der Waals surface area (Å²) in [6.45, 7) is -1.81. The van der Waals surface area contributed by atoms with Crippen molar-refractivity contribution in [3.05, 3.63) is 0 Å². The molecule has 33 nitrogen and oxygen atoms in total. The summed E-state index contributed by atoms with van der Waals surface area (Å²) in [4.78, 5) is 0. The highest BCUT2D eigenvalue weighted by Gasteiger charge is 2.52. The number of aliphatic hydroxyl groups is 6. The molecule has 66 heavy (non-hydrogen) atoms. The van der Waals surface area contributed by atoms with Crippen LogP contribution >= 0.6 is 0 Å². The SMILES string of the molecule is CO[C@H]1OC(COS(=O)(=O)O)[C@@H](O[C@H]2C[C@H](O)[C@H](O[C@@H]3OC(C)[C@@H](O[C@@H]4OC[C@@H](O[C@H]5OC(COS(=O)(=O)O)[C@@H](O)[C@H](O)C5NS(=O)(=O)O)[C@H](O)C4O)CC3NS(=O)(=O)O)CO2)[C@H](O)C1N. The van der Waals surface area contributed by atoms with Crippen LogP contribution in [0.3, 0.4) is 0 Å². The molecule has 5 fully saturated rings. The predicted molar refractivity (Wildman–Crippen MR) is 203 cm³/mol. The van der Waals surface area contributed by atoms with Gasteiger partial charge in [0.1, 0.15) is 67.1 Å². The third-order valence-corrected chi connectivity index (χ3v) is 12.7. The Bertz CT molecular complexity index is 2040. The summed E-state index contributed by atoms with van der Waals surface area (Å²) < 4.78 is 197. The third kappa shape index (κ3) is 15.4. The minimum absolute atomic E-state index is 0.396. The maximum Gasteiger partial charge on any atom is 0.397 e. The molecule has 0 aromatic heterocycles. The van der Waals surface area contributed by atoms with Crippen molar-refractivity contribution in [2.45, 2.75) is 149 Å². The number of ether oxygens (including phenoxy) is 10. The summed E-state index contributed by atoms with van der Waals surface area (Å²) in [7, 11) is -19.1. The molecular weight excluding hydrogens is 999 g/mol. The van der Waals surface area contributed by atoms with Crippen LogP contribution < -0.4 is 15.2 Å². The number of aliphatic hydroxyl groups excluding tert-OH is 6. The van der Waals surface area contributed by atoms with Crippen LogP contribution in [0.5, 0.6) is 0 Å². The number of nitrogens with one attached hydrogen (secondary N) is 2. The average molecular weight is 1050 g/mol. The van der Waals surface area contributed by atoms with Crippen LogP contribution in [0.15, 0.2) is 0 Å². The molecule has 37 heteroatoms. The third-order valence-electron chi connectivity index (χ3n) is 10.7. The molecule has 7 unspecified atom stereocenters. The van der Waals surface area contributed by atoms with Gasteiger partial charge in [-0.1, -0.05) is 0 Å². The lowest BCUT2D eigenvalue weighted by molar-refractivity contribution is -0.345. The molecule has 0 aromatic carbocycles. The van der Waals surface area contributed by atoms with E-state index in [1.54, 1.807) is 0 Å². The van der Waals surface area contributed by atoms with Crippen LogP contribution in [0.1, 0.15) is 19.8 Å². The molecule has 0 amide bonds. The summed E-state index contributed by atoms with van der Waals surface area (Å²) in [5, 5.41) is 64.9. The highest BCUT2D eigenvalue weighted by atomic mass is 32.3. The molecule has 0 bridgehead atoms. The van der Waals surface area contributed by atoms with Gasteiger partial charge in [-0.3, -0.25) is 18.2 Å². The van der Waals surface area contributed by atoms with E-state index in [0.717, 1.165) is 0 Å². The predicted octanol–water partition coefficient (Wildman–Crippen LogP) is -8.49. The summed E-state index contributed by atoms with van der Waals surface area (Å²) in [6, 6.07) is -4.79. The molecule has 5 saturated heterocycles. The quantitative estimate of drug-likeness (QED) is 0.0534. The minimum Gasteiger partial charge on any atom is -0.390 e. The highest BCUT2D eigenvalue weighted by Crippen LogP contribution is 2.33. The molecule has 5 aliphatic rings. The lowest BCUT2D eigenvalue weighted by Gasteiger charge is -2.46. The molecule has 5 aliphatic heterocycles. The highest BCUT2D eigenvalue weighted by molar-refractivity contribution is 7.84. The van der Waals surface area contributed by atoms with Crippen LogP contribution in [0.25, 0.3) is 0 Å². The summed E-state index contributed by atoms with van der Waals surface area (Å²) in [5.74, 6) is 0. The Morgan fingerprint density at radius 1 is 0.591 bits per heavy atom. The van der Waals surface area contributed by atoms with Gasteiger partial charge in [0.05, 0.1) is 56.8 Å². The van der Waals surface area contributed by atoms with Crippen LogP contribution in [-0.2, 0) is 97.1 Å². The standard InChI is InChI=1S/C29H53N3O30S4/c1-9-12(57-29-24(38)21(35)14(6-53-29)59-28-19(32-64(42,43)44)23(37)20(34)15(60-28)7-54-65(45,46)47)3-10(31-63(39,40)41)26(56-9)58-13-5-52-17(4-11(13)33)62-25-16(8-55-66(48,49)50)61-27(51-2)18(30)22(25)36/h9-29,31-38H,3-8,30H2,1-2H3,(H,39,40,41)(H,42,43,44)(H,45,46,47)(H,48,49,50)/t9?,10?,11-,12-,13+,14+,15?,16?,17-,18?,19?,20+,21-,22+,23+,24?,25+,26-,27-,28-,29-/m0/s1. The van der Waals surface area contributed by atoms with Crippen LogP contribution in [-0.4, -0.2) is 245 Å². The smallest absolute Gasteiger partial charge is 0.390 e. The van der Waals surface area contributed by atoms with Gasteiger partial charge in [-0.25, -0.2) is 8.37 Å². The minimum atomic E-state index is -5.17. The molecule has 5 heterocycles. The fourth-order valence-corrected chi connectivity index (χ4v) is 9.23. The van der Waals surface area contributed by atoms with Crippen molar-refractivity contribution in [2.75, 3.05) is 33.5 Å². The summed E-state index contributed by atoms with van der Waals surface area (Å²) >= 11 is 0. The fourth-order valence-electron chi connectivity index (χ4n) is 7.43. The van der Waals surface area contributed by atoms with Gasteiger partial charge in [0.15, 0.2) is 31.5 Å². The summed E-state index contributed by atoms with van der Waals surface area (Å²) in [6.07, 6.45) is -30.3. The molecule has 0 radical (unpaired) electrons. The number of nitrogens with two attached hydrogens (primary N) is 1. The average Bonchev–Trinajstić information content (AvgIpc) is 3.19. The van der Waals surface area contributed by atoms with E-state index in [9.17, 15) is 73.4 Å². The first kappa shape index (κ1) is 55.7.